The smallest absolute Gasteiger partial charge is 0.119 e. The van der Waals surface area contributed by atoms with Crippen molar-refractivity contribution in [3.05, 3.63) is 42.6 Å². The molecule has 84 valence electrons. The minimum atomic E-state index is -0.0154. The summed E-state index contributed by atoms with van der Waals surface area (Å²) in [5.74, 6) is 0.846. The number of aromatic amines is 1. The first-order valence-electron chi connectivity index (χ1n) is 5.27. The van der Waals surface area contributed by atoms with Crippen LogP contribution in [-0.4, -0.2) is 12.1 Å². The molecule has 0 amide bonds. The van der Waals surface area contributed by atoms with Crippen LogP contribution in [0.25, 0.3) is 10.9 Å². The zero-order chi connectivity index (χ0) is 11.5. The SMILES string of the molecule is C=CC[C@H](N)c1c[nH]c2ccc(OC)cc12. The van der Waals surface area contributed by atoms with Crippen molar-refractivity contribution in [2.75, 3.05) is 7.11 Å². The molecule has 0 bridgehead atoms. The quantitative estimate of drug-likeness (QED) is 0.772. The number of ether oxygens (including phenoxy) is 1. The van der Waals surface area contributed by atoms with E-state index in [1.54, 1.807) is 7.11 Å². The molecule has 0 saturated heterocycles. The third-order valence-corrected chi connectivity index (χ3v) is 2.74. The van der Waals surface area contributed by atoms with Gasteiger partial charge in [0.15, 0.2) is 0 Å². The van der Waals surface area contributed by atoms with Crippen molar-refractivity contribution >= 4 is 10.9 Å². The molecular formula is C13H16N2O. The molecule has 1 aromatic carbocycles. The van der Waals surface area contributed by atoms with E-state index >= 15 is 0 Å². The van der Waals surface area contributed by atoms with Crippen LogP contribution in [0.1, 0.15) is 18.0 Å². The van der Waals surface area contributed by atoms with Gasteiger partial charge in [-0.15, -0.1) is 6.58 Å². The molecule has 0 unspecified atom stereocenters. The molecule has 3 N–H and O–H groups in total. The van der Waals surface area contributed by atoms with Crippen LogP contribution in [0.15, 0.2) is 37.1 Å². The molecule has 0 aliphatic heterocycles. The summed E-state index contributed by atoms with van der Waals surface area (Å²) in [6, 6.07) is 5.92. The Morgan fingerprint density at radius 3 is 3.06 bits per heavy atom. The van der Waals surface area contributed by atoms with E-state index in [1.807, 2.05) is 30.5 Å². The van der Waals surface area contributed by atoms with Gasteiger partial charge in [-0.05, 0) is 30.2 Å². The number of rotatable bonds is 4. The zero-order valence-corrected chi connectivity index (χ0v) is 9.36. The zero-order valence-electron chi connectivity index (χ0n) is 9.36. The van der Waals surface area contributed by atoms with Crippen LogP contribution in [-0.2, 0) is 0 Å². The van der Waals surface area contributed by atoms with E-state index in [0.717, 1.165) is 28.6 Å². The molecule has 0 aliphatic carbocycles. The Morgan fingerprint density at radius 2 is 2.38 bits per heavy atom. The van der Waals surface area contributed by atoms with Crippen LogP contribution in [0, 0.1) is 0 Å². The molecule has 16 heavy (non-hydrogen) atoms. The number of methoxy groups -OCH3 is 1. The largest absolute Gasteiger partial charge is 0.497 e. The average molecular weight is 216 g/mol. The fraction of sp³-hybridized carbons (Fsp3) is 0.231. The summed E-state index contributed by atoms with van der Waals surface area (Å²) in [5.41, 5.74) is 8.26. The van der Waals surface area contributed by atoms with E-state index < -0.39 is 0 Å². The third kappa shape index (κ3) is 1.82. The number of aromatic nitrogens is 1. The van der Waals surface area contributed by atoms with Crippen molar-refractivity contribution in [2.24, 2.45) is 5.73 Å². The van der Waals surface area contributed by atoms with Crippen molar-refractivity contribution in [1.82, 2.24) is 4.98 Å². The van der Waals surface area contributed by atoms with Crippen LogP contribution < -0.4 is 10.5 Å². The first-order valence-corrected chi connectivity index (χ1v) is 5.27. The number of benzene rings is 1. The van der Waals surface area contributed by atoms with Crippen LogP contribution in [0.5, 0.6) is 5.75 Å². The molecule has 1 aromatic heterocycles. The molecule has 1 heterocycles. The minimum absolute atomic E-state index is 0.0154. The van der Waals surface area contributed by atoms with Gasteiger partial charge >= 0.3 is 0 Å². The Hall–Kier alpha value is -1.74. The van der Waals surface area contributed by atoms with Crippen LogP contribution in [0.3, 0.4) is 0 Å². The van der Waals surface area contributed by atoms with Crippen molar-refractivity contribution in [2.45, 2.75) is 12.5 Å². The van der Waals surface area contributed by atoms with E-state index in [2.05, 4.69) is 11.6 Å². The molecule has 0 saturated carbocycles. The van der Waals surface area contributed by atoms with Gasteiger partial charge in [0.1, 0.15) is 5.75 Å². The van der Waals surface area contributed by atoms with Gasteiger partial charge in [-0.1, -0.05) is 6.08 Å². The van der Waals surface area contributed by atoms with Crippen molar-refractivity contribution in [3.63, 3.8) is 0 Å². The maximum Gasteiger partial charge on any atom is 0.119 e. The molecule has 0 fully saturated rings. The Morgan fingerprint density at radius 1 is 1.56 bits per heavy atom. The third-order valence-electron chi connectivity index (χ3n) is 2.74. The number of hydrogen-bond donors (Lipinski definition) is 2. The van der Waals surface area contributed by atoms with Crippen molar-refractivity contribution in [3.8, 4) is 5.75 Å². The van der Waals surface area contributed by atoms with E-state index in [1.165, 1.54) is 0 Å². The molecule has 2 aromatic rings. The summed E-state index contributed by atoms with van der Waals surface area (Å²) in [6.45, 7) is 3.71. The second kappa shape index (κ2) is 4.41. The van der Waals surface area contributed by atoms with Crippen LogP contribution >= 0.6 is 0 Å². The van der Waals surface area contributed by atoms with Gasteiger partial charge in [0.2, 0.25) is 0 Å². The first-order chi connectivity index (χ1) is 7.76. The Labute approximate surface area is 94.9 Å². The summed E-state index contributed by atoms with van der Waals surface area (Å²) in [5, 5.41) is 1.12. The summed E-state index contributed by atoms with van der Waals surface area (Å²) in [6.07, 6.45) is 4.56. The van der Waals surface area contributed by atoms with Crippen LogP contribution in [0.2, 0.25) is 0 Å². The highest BCUT2D eigenvalue weighted by Crippen LogP contribution is 2.28. The second-order valence-electron chi connectivity index (χ2n) is 3.79. The van der Waals surface area contributed by atoms with Gasteiger partial charge < -0.3 is 15.5 Å². The summed E-state index contributed by atoms with van der Waals surface area (Å²) in [7, 11) is 1.66. The molecule has 1 atom stereocenters. The van der Waals surface area contributed by atoms with Gasteiger partial charge in [0.05, 0.1) is 7.11 Å². The Bertz CT molecular complexity index is 502. The van der Waals surface area contributed by atoms with Gasteiger partial charge in [-0.25, -0.2) is 0 Å². The number of nitrogens with one attached hydrogen (secondary N) is 1. The van der Waals surface area contributed by atoms with Gasteiger partial charge in [0.25, 0.3) is 0 Å². The highest BCUT2D eigenvalue weighted by Gasteiger charge is 2.10. The number of fused-ring (bicyclic) bond motifs is 1. The predicted molar refractivity (Wildman–Crippen MR) is 66.6 cm³/mol. The fourth-order valence-corrected chi connectivity index (χ4v) is 1.86. The molecule has 3 nitrogen and oxygen atoms in total. The van der Waals surface area contributed by atoms with Gasteiger partial charge in [-0.2, -0.15) is 0 Å². The van der Waals surface area contributed by atoms with E-state index in [9.17, 15) is 0 Å². The average Bonchev–Trinajstić information content (AvgIpc) is 2.71. The van der Waals surface area contributed by atoms with Gasteiger partial charge in [0, 0.05) is 23.1 Å². The monoisotopic (exact) mass is 216 g/mol. The lowest BCUT2D eigenvalue weighted by atomic mass is 10.0. The van der Waals surface area contributed by atoms with E-state index in [-0.39, 0.29) is 6.04 Å². The van der Waals surface area contributed by atoms with Crippen molar-refractivity contribution in [1.29, 1.82) is 0 Å². The highest BCUT2D eigenvalue weighted by molar-refractivity contribution is 5.85. The lowest BCUT2D eigenvalue weighted by Gasteiger charge is -2.08. The second-order valence-corrected chi connectivity index (χ2v) is 3.79. The molecule has 2 rings (SSSR count). The maximum atomic E-state index is 6.08. The Balaban J connectivity index is 2.49. The molecule has 0 radical (unpaired) electrons. The Kier molecular flexibility index (Phi) is 2.97. The molecular weight excluding hydrogens is 200 g/mol. The molecule has 3 heteroatoms. The van der Waals surface area contributed by atoms with E-state index in [4.69, 9.17) is 10.5 Å². The summed E-state index contributed by atoms with van der Waals surface area (Å²) in [4.78, 5) is 3.21. The molecule has 0 spiro atoms. The first kappa shape index (κ1) is 10.8. The minimum Gasteiger partial charge on any atom is -0.497 e. The number of H-pyrrole nitrogens is 1. The number of hydrogen-bond acceptors (Lipinski definition) is 2. The molecule has 0 aliphatic rings. The van der Waals surface area contributed by atoms with Gasteiger partial charge in [-0.3, -0.25) is 0 Å². The summed E-state index contributed by atoms with van der Waals surface area (Å²) < 4.78 is 5.21. The van der Waals surface area contributed by atoms with E-state index in [0.29, 0.717) is 0 Å². The standard InChI is InChI=1S/C13H16N2O/c1-3-4-12(14)11-8-15-13-6-5-9(16-2)7-10(11)13/h3,5-8,12,15H,1,4,14H2,2H3/t12-/m0/s1. The highest BCUT2D eigenvalue weighted by atomic mass is 16.5. The fourth-order valence-electron chi connectivity index (χ4n) is 1.86. The lowest BCUT2D eigenvalue weighted by molar-refractivity contribution is 0.415. The topological polar surface area (TPSA) is 51.0 Å². The normalized spacial score (nSPS) is 12.6. The summed E-state index contributed by atoms with van der Waals surface area (Å²) >= 11 is 0. The maximum absolute atomic E-state index is 6.08. The number of nitrogens with two attached hydrogens (primary N) is 1. The van der Waals surface area contributed by atoms with Crippen LogP contribution in [0.4, 0.5) is 0 Å². The lowest BCUT2D eigenvalue weighted by Crippen LogP contribution is -2.08. The predicted octanol–water partition coefficient (Wildman–Crippen LogP) is 2.75. The van der Waals surface area contributed by atoms with Crippen molar-refractivity contribution < 1.29 is 4.74 Å².